The van der Waals surface area contributed by atoms with Crippen molar-refractivity contribution in [2.24, 2.45) is 7.05 Å². The number of carbonyl (C=O) groups is 2. The molecule has 9 heteroatoms. The van der Waals surface area contributed by atoms with Gasteiger partial charge in [-0.25, -0.2) is 4.98 Å². The zero-order valence-corrected chi connectivity index (χ0v) is 16.7. The Kier molecular flexibility index (Phi) is 5.67. The second kappa shape index (κ2) is 7.79. The zero-order valence-electron chi connectivity index (χ0n) is 15.0. The number of hydrogen-bond donors (Lipinski definition) is 2. The number of likely N-dealkylation sites (N-methyl/N-ethyl adjacent to an activating group) is 1. The molecule has 1 aliphatic rings. The molecule has 2 heterocycles. The van der Waals surface area contributed by atoms with Gasteiger partial charge in [-0.05, 0) is 38.7 Å². The molecule has 0 fully saturated rings. The van der Waals surface area contributed by atoms with Gasteiger partial charge in [-0.1, -0.05) is 11.8 Å². The van der Waals surface area contributed by atoms with E-state index in [1.165, 1.54) is 21.2 Å². The van der Waals surface area contributed by atoms with Gasteiger partial charge >= 0.3 is 0 Å². The first-order chi connectivity index (χ1) is 12.4. The van der Waals surface area contributed by atoms with E-state index < -0.39 is 6.04 Å². The van der Waals surface area contributed by atoms with E-state index in [2.05, 4.69) is 15.6 Å². The van der Waals surface area contributed by atoms with Crippen LogP contribution in [0.4, 0.5) is 0 Å². The molecular weight excluding hydrogens is 372 g/mol. The highest BCUT2D eigenvalue weighted by Gasteiger charge is 2.23. The summed E-state index contributed by atoms with van der Waals surface area (Å²) in [6, 6.07) is -0.595. The summed E-state index contributed by atoms with van der Waals surface area (Å²) in [5, 5.41) is 6.57. The molecule has 7 nitrogen and oxygen atoms in total. The number of aryl methyl sites for hydroxylation is 2. The molecule has 2 aromatic rings. The summed E-state index contributed by atoms with van der Waals surface area (Å²) in [7, 11) is 1.69. The van der Waals surface area contributed by atoms with Crippen LogP contribution < -0.4 is 16.2 Å². The summed E-state index contributed by atoms with van der Waals surface area (Å²) in [5.41, 5.74) is 1.11. The van der Waals surface area contributed by atoms with Gasteiger partial charge < -0.3 is 10.6 Å². The number of hydrogen-bond acceptors (Lipinski definition) is 6. The molecule has 1 atom stereocenters. The number of thiophene rings is 1. The topological polar surface area (TPSA) is 93.1 Å². The van der Waals surface area contributed by atoms with Gasteiger partial charge in [0.2, 0.25) is 11.8 Å². The van der Waals surface area contributed by atoms with Crippen molar-refractivity contribution in [3.05, 3.63) is 20.8 Å². The Bertz CT molecular complexity index is 919. The highest BCUT2D eigenvalue weighted by molar-refractivity contribution is 7.99. The van der Waals surface area contributed by atoms with E-state index in [-0.39, 0.29) is 23.1 Å². The van der Waals surface area contributed by atoms with Crippen LogP contribution in [0.25, 0.3) is 10.2 Å². The van der Waals surface area contributed by atoms with Crippen LogP contribution in [0.5, 0.6) is 0 Å². The predicted octanol–water partition coefficient (Wildman–Crippen LogP) is 1.22. The molecule has 0 saturated heterocycles. The maximum atomic E-state index is 12.7. The Morgan fingerprint density at radius 2 is 2.15 bits per heavy atom. The van der Waals surface area contributed by atoms with Crippen LogP contribution in [-0.4, -0.2) is 39.7 Å². The van der Waals surface area contributed by atoms with Gasteiger partial charge in [0.15, 0.2) is 5.16 Å². The molecule has 0 aliphatic heterocycles. The number of thioether (sulfide) groups is 1. The van der Waals surface area contributed by atoms with E-state index in [0.717, 1.165) is 35.0 Å². The molecule has 0 bridgehead atoms. The normalized spacial score (nSPS) is 14.3. The number of fused-ring (bicyclic) bond motifs is 3. The van der Waals surface area contributed by atoms with E-state index >= 15 is 0 Å². The van der Waals surface area contributed by atoms with Crippen molar-refractivity contribution in [3.8, 4) is 0 Å². The maximum Gasteiger partial charge on any atom is 0.262 e. The van der Waals surface area contributed by atoms with Gasteiger partial charge in [0, 0.05) is 18.5 Å². The molecule has 140 valence electrons. The van der Waals surface area contributed by atoms with Crippen LogP contribution in [0, 0.1) is 0 Å². The molecule has 26 heavy (non-hydrogen) atoms. The van der Waals surface area contributed by atoms with Gasteiger partial charge in [-0.2, -0.15) is 0 Å². The fourth-order valence-electron chi connectivity index (χ4n) is 3.04. The Hall–Kier alpha value is -1.87. The lowest BCUT2D eigenvalue weighted by atomic mass is 10.2. The van der Waals surface area contributed by atoms with Crippen LogP contribution in [0.1, 0.15) is 30.7 Å². The highest BCUT2D eigenvalue weighted by atomic mass is 32.2. The Labute approximate surface area is 159 Å². The van der Waals surface area contributed by atoms with Crippen molar-refractivity contribution in [1.29, 1.82) is 0 Å². The Balaban J connectivity index is 1.71. The van der Waals surface area contributed by atoms with E-state index in [4.69, 9.17) is 0 Å². The van der Waals surface area contributed by atoms with Crippen molar-refractivity contribution in [3.63, 3.8) is 0 Å². The monoisotopic (exact) mass is 394 g/mol. The number of nitrogens with zero attached hydrogens (tertiary/aromatic N) is 2. The summed E-state index contributed by atoms with van der Waals surface area (Å²) in [6.45, 7) is 3.98. The van der Waals surface area contributed by atoms with E-state index in [1.807, 2.05) is 6.92 Å². The van der Waals surface area contributed by atoms with Crippen LogP contribution in [0.15, 0.2) is 9.95 Å². The summed E-state index contributed by atoms with van der Waals surface area (Å²) >= 11 is 2.79. The number of aromatic nitrogens is 2. The lowest BCUT2D eigenvalue weighted by Gasteiger charge is -2.13. The standard InChI is InChI=1S/C17H22N4O3S2/c1-4-18-14(23)9(2)19-12(22)8-25-17-20-15-13(16(24)21(17)3)10-6-5-7-11(10)26-15/h9H,4-8H2,1-3H3,(H,18,23)(H,19,22)/t9-/m0/s1. The SMILES string of the molecule is CCNC(=O)[C@H](C)NC(=O)CSc1nc2sc3c(c2c(=O)n1C)CCC3. The molecule has 2 N–H and O–H groups in total. The van der Waals surface area contributed by atoms with Crippen LogP contribution >= 0.6 is 23.1 Å². The average molecular weight is 395 g/mol. The van der Waals surface area contributed by atoms with Crippen molar-refractivity contribution in [2.75, 3.05) is 12.3 Å². The van der Waals surface area contributed by atoms with Crippen LogP contribution in [-0.2, 0) is 29.5 Å². The molecule has 0 saturated carbocycles. The van der Waals surface area contributed by atoms with Crippen molar-refractivity contribution in [2.45, 2.75) is 44.3 Å². The third-order valence-corrected chi connectivity index (χ3v) is 6.58. The molecule has 0 unspecified atom stereocenters. The zero-order chi connectivity index (χ0) is 18.8. The number of rotatable bonds is 6. The quantitative estimate of drug-likeness (QED) is 0.568. The Morgan fingerprint density at radius 1 is 1.38 bits per heavy atom. The molecule has 0 radical (unpaired) electrons. The second-order valence-corrected chi connectivity index (χ2v) is 8.29. The number of amides is 2. The molecule has 1 aliphatic carbocycles. The van der Waals surface area contributed by atoms with Crippen LogP contribution in [0.2, 0.25) is 0 Å². The lowest BCUT2D eigenvalue weighted by Crippen LogP contribution is -2.45. The predicted molar refractivity (Wildman–Crippen MR) is 104 cm³/mol. The van der Waals surface area contributed by atoms with E-state index in [9.17, 15) is 14.4 Å². The van der Waals surface area contributed by atoms with Gasteiger partial charge in [-0.3, -0.25) is 19.0 Å². The molecule has 0 aromatic carbocycles. The smallest absolute Gasteiger partial charge is 0.262 e. The second-order valence-electron chi connectivity index (χ2n) is 6.27. The third kappa shape index (κ3) is 3.64. The van der Waals surface area contributed by atoms with Gasteiger partial charge in [0.25, 0.3) is 5.56 Å². The summed E-state index contributed by atoms with van der Waals surface area (Å²) in [4.78, 5) is 43.1. The first-order valence-corrected chi connectivity index (χ1v) is 10.4. The van der Waals surface area contributed by atoms with Crippen molar-refractivity contribution >= 4 is 45.1 Å². The fourth-order valence-corrected chi connectivity index (χ4v) is 5.13. The van der Waals surface area contributed by atoms with E-state index in [0.29, 0.717) is 11.7 Å². The van der Waals surface area contributed by atoms with Gasteiger partial charge in [0.05, 0.1) is 11.1 Å². The van der Waals surface area contributed by atoms with Crippen molar-refractivity contribution in [1.82, 2.24) is 20.2 Å². The molecule has 2 aromatic heterocycles. The average Bonchev–Trinajstić information content (AvgIpc) is 3.17. The highest BCUT2D eigenvalue weighted by Crippen LogP contribution is 2.35. The largest absolute Gasteiger partial charge is 0.355 e. The minimum atomic E-state index is -0.595. The first-order valence-electron chi connectivity index (χ1n) is 8.63. The van der Waals surface area contributed by atoms with E-state index in [1.54, 1.807) is 25.3 Å². The first kappa shape index (κ1) is 18.9. The minimum Gasteiger partial charge on any atom is -0.355 e. The minimum absolute atomic E-state index is 0.0481. The molecule has 0 spiro atoms. The molecule has 3 rings (SSSR count). The van der Waals surface area contributed by atoms with Gasteiger partial charge in [-0.15, -0.1) is 11.3 Å². The number of nitrogens with one attached hydrogen (secondary N) is 2. The maximum absolute atomic E-state index is 12.7. The number of carbonyl (C=O) groups excluding carboxylic acids is 2. The van der Waals surface area contributed by atoms with Gasteiger partial charge in [0.1, 0.15) is 10.9 Å². The molecule has 2 amide bonds. The summed E-state index contributed by atoms with van der Waals surface area (Å²) in [6.07, 6.45) is 3.06. The van der Waals surface area contributed by atoms with Crippen molar-refractivity contribution < 1.29 is 9.59 Å². The molecular formula is C17H22N4O3S2. The van der Waals surface area contributed by atoms with Crippen LogP contribution in [0.3, 0.4) is 0 Å². The third-order valence-electron chi connectivity index (χ3n) is 4.36. The summed E-state index contributed by atoms with van der Waals surface area (Å²) < 4.78 is 1.51. The summed E-state index contributed by atoms with van der Waals surface area (Å²) in [5.74, 6) is -0.386. The lowest BCUT2D eigenvalue weighted by molar-refractivity contribution is -0.127. The Morgan fingerprint density at radius 3 is 2.88 bits per heavy atom. The fraction of sp³-hybridized carbons (Fsp3) is 0.529.